The zero-order valence-corrected chi connectivity index (χ0v) is 9.43. The topological polar surface area (TPSA) is 72.6 Å². The van der Waals surface area contributed by atoms with Crippen LogP contribution in [-0.2, 0) is 0 Å². The molecule has 1 aromatic heterocycles. The largest absolute Gasteiger partial charge is 0.496 e. The Bertz CT molecular complexity index is 559. The van der Waals surface area contributed by atoms with Crippen molar-refractivity contribution in [1.29, 1.82) is 0 Å². The molecule has 0 bridgehead atoms. The number of carboxylic acid groups (broad SMARTS) is 1. The van der Waals surface area contributed by atoms with E-state index in [0.717, 1.165) is 16.9 Å². The summed E-state index contributed by atoms with van der Waals surface area (Å²) in [5, 5.41) is 12.2. The van der Waals surface area contributed by atoms with Gasteiger partial charge >= 0.3 is 5.97 Å². The van der Waals surface area contributed by atoms with Crippen LogP contribution in [0.2, 0.25) is 0 Å². The highest BCUT2D eigenvalue weighted by atomic mass is 16.5. The van der Waals surface area contributed by atoms with E-state index in [1.165, 1.54) is 6.07 Å². The second-order valence-electron chi connectivity index (χ2n) is 3.51. The summed E-state index contributed by atoms with van der Waals surface area (Å²) in [6.07, 6.45) is 0. The summed E-state index contributed by atoms with van der Waals surface area (Å²) in [6.45, 7) is 1.87. The van der Waals surface area contributed by atoms with Crippen molar-refractivity contribution in [3.05, 3.63) is 35.5 Å². The molecule has 17 heavy (non-hydrogen) atoms. The third kappa shape index (κ3) is 1.99. The maximum Gasteiger partial charge on any atom is 0.358 e. The van der Waals surface area contributed by atoms with Gasteiger partial charge in [-0.3, -0.25) is 0 Å². The SMILES string of the molecule is COc1cccc(-c2cc(C(=O)O)no2)c1C. The van der Waals surface area contributed by atoms with Crippen molar-refractivity contribution in [3.63, 3.8) is 0 Å². The van der Waals surface area contributed by atoms with E-state index in [1.807, 2.05) is 25.1 Å². The number of ether oxygens (including phenoxy) is 1. The van der Waals surface area contributed by atoms with Gasteiger partial charge in [0.2, 0.25) is 0 Å². The molecule has 0 amide bonds. The lowest BCUT2D eigenvalue weighted by atomic mass is 10.1. The van der Waals surface area contributed by atoms with Crippen LogP contribution in [0.25, 0.3) is 11.3 Å². The highest BCUT2D eigenvalue weighted by Gasteiger charge is 2.14. The minimum Gasteiger partial charge on any atom is -0.496 e. The van der Waals surface area contributed by atoms with Crippen molar-refractivity contribution in [3.8, 4) is 17.1 Å². The van der Waals surface area contributed by atoms with E-state index in [9.17, 15) is 4.79 Å². The third-order valence-corrected chi connectivity index (χ3v) is 2.50. The molecule has 1 heterocycles. The van der Waals surface area contributed by atoms with E-state index < -0.39 is 5.97 Å². The fourth-order valence-electron chi connectivity index (χ4n) is 1.61. The molecule has 0 aliphatic carbocycles. The number of carbonyl (C=O) groups is 1. The lowest BCUT2D eigenvalue weighted by Gasteiger charge is -2.07. The Morgan fingerprint density at radius 1 is 1.47 bits per heavy atom. The van der Waals surface area contributed by atoms with Crippen LogP contribution in [0.4, 0.5) is 0 Å². The second-order valence-corrected chi connectivity index (χ2v) is 3.51. The van der Waals surface area contributed by atoms with Crippen LogP contribution in [0.3, 0.4) is 0 Å². The monoisotopic (exact) mass is 233 g/mol. The Labute approximate surface area is 97.6 Å². The first-order chi connectivity index (χ1) is 8.13. The first-order valence-corrected chi connectivity index (χ1v) is 4.97. The Morgan fingerprint density at radius 2 is 2.24 bits per heavy atom. The minimum atomic E-state index is -1.11. The summed E-state index contributed by atoms with van der Waals surface area (Å²) in [6, 6.07) is 6.85. The number of carboxylic acids is 1. The smallest absolute Gasteiger partial charge is 0.358 e. The minimum absolute atomic E-state index is 0.109. The number of benzene rings is 1. The molecular formula is C12H11NO4. The fourth-order valence-corrected chi connectivity index (χ4v) is 1.61. The molecule has 0 aliphatic rings. The quantitative estimate of drug-likeness (QED) is 0.880. The summed E-state index contributed by atoms with van der Waals surface area (Å²) in [7, 11) is 1.58. The molecule has 88 valence electrons. The van der Waals surface area contributed by atoms with E-state index in [-0.39, 0.29) is 5.69 Å². The lowest BCUT2D eigenvalue weighted by Crippen LogP contribution is -1.94. The van der Waals surface area contributed by atoms with Gasteiger partial charge < -0.3 is 14.4 Å². The van der Waals surface area contributed by atoms with Crippen molar-refractivity contribution in [2.75, 3.05) is 7.11 Å². The summed E-state index contributed by atoms with van der Waals surface area (Å²) < 4.78 is 10.2. The Kier molecular flexibility index (Phi) is 2.82. The van der Waals surface area contributed by atoms with Gasteiger partial charge in [0.15, 0.2) is 11.5 Å². The van der Waals surface area contributed by atoms with Gasteiger partial charge in [0.25, 0.3) is 0 Å². The molecule has 1 N–H and O–H groups in total. The molecule has 0 atom stereocenters. The maximum atomic E-state index is 10.7. The van der Waals surface area contributed by atoms with Gasteiger partial charge in [0.05, 0.1) is 7.11 Å². The first-order valence-electron chi connectivity index (χ1n) is 4.97. The van der Waals surface area contributed by atoms with Gasteiger partial charge in [-0.2, -0.15) is 0 Å². The lowest BCUT2D eigenvalue weighted by molar-refractivity contribution is 0.0686. The zero-order chi connectivity index (χ0) is 12.4. The van der Waals surface area contributed by atoms with Gasteiger partial charge in [-0.15, -0.1) is 0 Å². The molecule has 0 spiro atoms. The highest BCUT2D eigenvalue weighted by Crippen LogP contribution is 2.30. The van der Waals surface area contributed by atoms with E-state index in [4.69, 9.17) is 14.4 Å². The van der Waals surface area contributed by atoms with Crippen molar-refractivity contribution in [2.45, 2.75) is 6.92 Å². The van der Waals surface area contributed by atoms with Crippen LogP contribution >= 0.6 is 0 Å². The molecule has 0 fully saturated rings. The van der Waals surface area contributed by atoms with Crippen LogP contribution in [-0.4, -0.2) is 23.3 Å². The number of nitrogens with zero attached hydrogens (tertiary/aromatic N) is 1. The van der Waals surface area contributed by atoms with E-state index >= 15 is 0 Å². The number of hydrogen-bond donors (Lipinski definition) is 1. The van der Waals surface area contributed by atoms with Crippen molar-refractivity contribution in [2.24, 2.45) is 0 Å². The van der Waals surface area contributed by atoms with Crippen LogP contribution in [0, 0.1) is 6.92 Å². The predicted octanol–water partition coefficient (Wildman–Crippen LogP) is 2.36. The van der Waals surface area contributed by atoms with E-state index in [2.05, 4.69) is 5.16 Å². The number of aromatic carboxylic acids is 1. The molecule has 0 radical (unpaired) electrons. The van der Waals surface area contributed by atoms with Crippen molar-refractivity contribution >= 4 is 5.97 Å². The van der Waals surface area contributed by atoms with Gasteiger partial charge in [0, 0.05) is 17.2 Å². The van der Waals surface area contributed by atoms with Crippen LogP contribution < -0.4 is 4.74 Å². The molecule has 5 heteroatoms. The molecule has 0 saturated heterocycles. The number of aromatic nitrogens is 1. The second kappa shape index (κ2) is 4.29. The standard InChI is InChI=1S/C12H11NO4/c1-7-8(4-3-5-10(7)16-2)11-6-9(12(14)15)13-17-11/h3-6H,1-2H3,(H,14,15). The van der Waals surface area contributed by atoms with Gasteiger partial charge in [-0.05, 0) is 13.0 Å². The molecular weight excluding hydrogens is 222 g/mol. The molecule has 2 rings (SSSR count). The van der Waals surface area contributed by atoms with Crippen LogP contribution in [0.15, 0.2) is 28.8 Å². The maximum absolute atomic E-state index is 10.7. The predicted molar refractivity (Wildman–Crippen MR) is 60.2 cm³/mol. The Hall–Kier alpha value is -2.30. The van der Waals surface area contributed by atoms with Crippen molar-refractivity contribution in [1.82, 2.24) is 5.16 Å². The molecule has 1 aromatic carbocycles. The summed E-state index contributed by atoms with van der Waals surface area (Å²) >= 11 is 0. The van der Waals surface area contributed by atoms with Gasteiger partial charge in [-0.1, -0.05) is 17.3 Å². The molecule has 0 unspecified atom stereocenters. The highest BCUT2D eigenvalue weighted by molar-refractivity contribution is 5.86. The summed E-state index contributed by atoms with van der Waals surface area (Å²) in [5.74, 6) is 0.0233. The Balaban J connectivity index is 2.49. The zero-order valence-electron chi connectivity index (χ0n) is 9.43. The molecule has 5 nitrogen and oxygen atoms in total. The first kappa shape index (κ1) is 11.2. The average molecular weight is 233 g/mol. The van der Waals surface area contributed by atoms with Crippen LogP contribution in [0.1, 0.15) is 16.1 Å². The fraction of sp³-hybridized carbons (Fsp3) is 0.167. The molecule has 0 saturated carbocycles. The van der Waals surface area contributed by atoms with E-state index in [1.54, 1.807) is 7.11 Å². The number of rotatable bonds is 3. The summed E-state index contributed by atoms with van der Waals surface area (Å²) in [4.78, 5) is 10.7. The Morgan fingerprint density at radius 3 is 2.82 bits per heavy atom. The molecule has 0 aliphatic heterocycles. The molecule has 2 aromatic rings. The third-order valence-electron chi connectivity index (χ3n) is 2.50. The number of methoxy groups -OCH3 is 1. The van der Waals surface area contributed by atoms with Gasteiger partial charge in [-0.25, -0.2) is 4.79 Å². The normalized spacial score (nSPS) is 10.2. The number of hydrogen-bond acceptors (Lipinski definition) is 4. The van der Waals surface area contributed by atoms with Crippen LogP contribution in [0.5, 0.6) is 5.75 Å². The van der Waals surface area contributed by atoms with Gasteiger partial charge in [0.1, 0.15) is 5.75 Å². The van der Waals surface area contributed by atoms with Crippen molar-refractivity contribution < 1.29 is 19.2 Å². The average Bonchev–Trinajstić information content (AvgIpc) is 2.78. The summed E-state index contributed by atoms with van der Waals surface area (Å²) in [5.41, 5.74) is 1.54. The van der Waals surface area contributed by atoms with E-state index in [0.29, 0.717) is 5.76 Å².